The van der Waals surface area contributed by atoms with E-state index in [1.165, 1.54) is 6.07 Å². The third-order valence-electron chi connectivity index (χ3n) is 5.42. The van der Waals surface area contributed by atoms with Crippen LogP contribution in [0.3, 0.4) is 0 Å². The Bertz CT molecular complexity index is 924. The van der Waals surface area contributed by atoms with Crippen molar-refractivity contribution in [1.82, 2.24) is 9.62 Å². The zero-order chi connectivity index (χ0) is 21.0. The van der Waals surface area contributed by atoms with Crippen molar-refractivity contribution in [3.05, 3.63) is 59.4 Å². The molecule has 0 aromatic heterocycles. The van der Waals surface area contributed by atoms with E-state index in [9.17, 15) is 12.8 Å². The molecule has 1 N–H and O–H groups in total. The highest BCUT2D eigenvalue weighted by Gasteiger charge is 2.21. The standard InChI is InChI=1S/C22H30FN3O2S/c1-4-5-18-6-9-20(10-7-18)29(27,28)24-17(2)19-8-11-22(21(23)16-19)26-14-12-25(3)13-15-26/h6-11,16-17,24H,4-5,12-15H2,1-3H3. The van der Waals surface area contributed by atoms with Gasteiger partial charge in [-0.05, 0) is 55.8 Å². The van der Waals surface area contributed by atoms with Crippen molar-refractivity contribution < 1.29 is 12.8 Å². The minimum Gasteiger partial charge on any atom is -0.367 e. The molecule has 1 aliphatic heterocycles. The quantitative estimate of drug-likeness (QED) is 0.746. The summed E-state index contributed by atoms with van der Waals surface area (Å²) in [6, 6.07) is 11.4. The van der Waals surface area contributed by atoms with Gasteiger partial charge in [0.25, 0.3) is 0 Å². The molecule has 0 radical (unpaired) electrons. The first-order chi connectivity index (χ1) is 13.8. The third kappa shape index (κ3) is 5.35. The first-order valence-electron chi connectivity index (χ1n) is 10.1. The van der Waals surface area contributed by atoms with Gasteiger partial charge in [-0.3, -0.25) is 0 Å². The van der Waals surface area contributed by atoms with Crippen LogP contribution in [0.1, 0.15) is 37.4 Å². The van der Waals surface area contributed by atoms with Gasteiger partial charge >= 0.3 is 0 Å². The fourth-order valence-electron chi connectivity index (χ4n) is 3.59. The summed E-state index contributed by atoms with van der Waals surface area (Å²) >= 11 is 0. The Morgan fingerprint density at radius 1 is 1.07 bits per heavy atom. The average molecular weight is 420 g/mol. The van der Waals surface area contributed by atoms with Crippen LogP contribution in [0.5, 0.6) is 0 Å². The SMILES string of the molecule is CCCc1ccc(S(=O)(=O)NC(C)c2ccc(N3CCN(C)CC3)c(F)c2)cc1. The number of benzene rings is 2. The Balaban J connectivity index is 1.71. The predicted octanol–water partition coefficient (Wildman–Crippen LogP) is 3.57. The number of sulfonamides is 1. The maximum Gasteiger partial charge on any atom is 0.241 e. The first kappa shape index (κ1) is 21.7. The molecule has 1 saturated heterocycles. The summed E-state index contributed by atoms with van der Waals surface area (Å²) in [4.78, 5) is 4.47. The van der Waals surface area contributed by atoms with E-state index in [1.807, 2.05) is 17.0 Å². The van der Waals surface area contributed by atoms with Crippen LogP contribution in [-0.4, -0.2) is 46.5 Å². The molecular weight excluding hydrogens is 389 g/mol. The molecular formula is C22H30FN3O2S. The normalized spacial score (nSPS) is 16.8. The maximum absolute atomic E-state index is 14.7. The molecule has 7 heteroatoms. The van der Waals surface area contributed by atoms with E-state index in [2.05, 4.69) is 23.6 Å². The molecule has 0 saturated carbocycles. The largest absolute Gasteiger partial charge is 0.367 e. The molecule has 158 valence electrons. The van der Waals surface area contributed by atoms with Crippen molar-refractivity contribution in [2.24, 2.45) is 0 Å². The zero-order valence-corrected chi connectivity index (χ0v) is 18.2. The molecule has 2 aromatic rings. The number of nitrogens with one attached hydrogen (secondary N) is 1. The number of piperazine rings is 1. The Labute approximate surface area is 173 Å². The van der Waals surface area contributed by atoms with Crippen LogP contribution < -0.4 is 9.62 Å². The number of aryl methyl sites for hydroxylation is 1. The lowest BCUT2D eigenvalue weighted by Crippen LogP contribution is -2.44. The lowest BCUT2D eigenvalue weighted by Gasteiger charge is -2.34. The summed E-state index contributed by atoms with van der Waals surface area (Å²) in [6.45, 7) is 7.17. The first-order valence-corrected chi connectivity index (χ1v) is 11.6. The lowest BCUT2D eigenvalue weighted by atomic mass is 10.1. The molecule has 1 atom stereocenters. The van der Waals surface area contributed by atoms with Crippen molar-refractivity contribution >= 4 is 15.7 Å². The molecule has 1 unspecified atom stereocenters. The molecule has 0 bridgehead atoms. The molecule has 2 aromatic carbocycles. The highest BCUT2D eigenvalue weighted by Crippen LogP contribution is 2.25. The number of hydrogen-bond donors (Lipinski definition) is 1. The summed E-state index contributed by atoms with van der Waals surface area (Å²) in [7, 11) is -1.62. The van der Waals surface area contributed by atoms with E-state index < -0.39 is 16.1 Å². The van der Waals surface area contributed by atoms with Gasteiger partial charge in [-0.15, -0.1) is 0 Å². The van der Waals surface area contributed by atoms with E-state index in [0.29, 0.717) is 11.3 Å². The number of rotatable bonds is 7. The summed E-state index contributed by atoms with van der Waals surface area (Å²) in [5.74, 6) is -0.318. The molecule has 29 heavy (non-hydrogen) atoms. The fraction of sp³-hybridized carbons (Fsp3) is 0.455. The molecule has 0 amide bonds. The van der Waals surface area contributed by atoms with E-state index in [4.69, 9.17) is 0 Å². The highest BCUT2D eigenvalue weighted by molar-refractivity contribution is 7.89. The maximum atomic E-state index is 14.7. The number of anilines is 1. The van der Waals surface area contributed by atoms with Crippen LogP contribution in [0.2, 0.25) is 0 Å². The summed E-state index contributed by atoms with van der Waals surface area (Å²) in [6.07, 6.45) is 1.93. The van der Waals surface area contributed by atoms with Crippen molar-refractivity contribution in [3.63, 3.8) is 0 Å². The monoisotopic (exact) mass is 419 g/mol. The third-order valence-corrected chi connectivity index (χ3v) is 6.98. The van der Waals surface area contributed by atoms with Crippen molar-refractivity contribution in [3.8, 4) is 0 Å². The number of nitrogens with zero attached hydrogens (tertiary/aromatic N) is 2. The molecule has 0 aliphatic carbocycles. The summed E-state index contributed by atoms with van der Waals surface area (Å²) in [5, 5.41) is 0. The van der Waals surface area contributed by atoms with Crippen LogP contribution in [0.25, 0.3) is 0 Å². The van der Waals surface area contributed by atoms with E-state index >= 15 is 0 Å². The minimum absolute atomic E-state index is 0.221. The molecule has 3 rings (SSSR count). The number of hydrogen-bond acceptors (Lipinski definition) is 4. The predicted molar refractivity (Wildman–Crippen MR) is 115 cm³/mol. The molecule has 5 nitrogen and oxygen atoms in total. The smallest absolute Gasteiger partial charge is 0.241 e. The topological polar surface area (TPSA) is 52.7 Å². The average Bonchev–Trinajstić information content (AvgIpc) is 2.69. The van der Waals surface area contributed by atoms with Crippen LogP contribution in [0.4, 0.5) is 10.1 Å². The second-order valence-electron chi connectivity index (χ2n) is 7.74. The van der Waals surface area contributed by atoms with Gasteiger partial charge in [0.2, 0.25) is 10.0 Å². The second-order valence-corrected chi connectivity index (χ2v) is 9.45. The molecule has 1 aliphatic rings. The Morgan fingerprint density at radius 3 is 2.31 bits per heavy atom. The van der Waals surface area contributed by atoms with Crippen molar-refractivity contribution in [2.45, 2.75) is 37.6 Å². The van der Waals surface area contributed by atoms with Gasteiger partial charge < -0.3 is 9.80 Å². The van der Waals surface area contributed by atoms with Gasteiger partial charge in [0.05, 0.1) is 10.6 Å². The Morgan fingerprint density at radius 2 is 1.72 bits per heavy atom. The van der Waals surface area contributed by atoms with Gasteiger partial charge in [-0.25, -0.2) is 17.5 Å². The van der Waals surface area contributed by atoms with Gasteiger partial charge in [-0.2, -0.15) is 0 Å². The van der Waals surface area contributed by atoms with Crippen LogP contribution in [-0.2, 0) is 16.4 Å². The van der Waals surface area contributed by atoms with E-state index in [-0.39, 0.29) is 10.7 Å². The van der Waals surface area contributed by atoms with E-state index in [1.54, 1.807) is 31.2 Å². The van der Waals surface area contributed by atoms with Crippen LogP contribution in [0, 0.1) is 5.82 Å². The fourth-order valence-corrected chi connectivity index (χ4v) is 4.82. The summed E-state index contributed by atoms with van der Waals surface area (Å²) < 4.78 is 42.8. The lowest BCUT2D eigenvalue weighted by molar-refractivity contribution is 0.311. The van der Waals surface area contributed by atoms with Gasteiger partial charge in [0.1, 0.15) is 5.82 Å². The van der Waals surface area contributed by atoms with Crippen LogP contribution >= 0.6 is 0 Å². The molecule has 1 fully saturated rings. The highest BCUT2D eigenvalue weighted by atomic mass is 32.2. The zero-order valence-electron chi connectivity index (χ0n) is 17.4. The Hall–Kier alpha value is -1.96. The Kier molecular flexibility index (Phi) is 6.93. The van der Waals surface area contributed by atoms with E-state index in [0.717, 1.165) is 44.6 Å². The molecule has 1 heterocycles. The van der Waals surface area contributed by atoms with Gasteiger partial charge in [0, 0.05) is 32.2 Å². The molecule has 0 spiro atoms. The summed E-state index contributed by atoms with van der Waals surface area (Å²) in [5.41, 5.74) is 2.29. The van der Waals surface area contributed by atoms with Crippen LogP contribution in [0.15, 0.2) is 47.4 Å². The number of halogens is 1. The van der Waals surface area contributed by atoms with Gasteiger partial charge in [-0.1, -0.05) is 31.5 Å². The minimum atomic E-state index is -3.68. The number of likely N-dealkylation sites (N-methyl/N-ethyl adjacent to an activating group) is 1. The van der Waals surface area contributed by atoms with Crippen molar-refractivity contribution in [1.29, 1.82) is 0 Å². The second kappa shape index (κ2) is 9.24. The van der Waals surface area contributed by atoms with Gasteiger partial charge in [0.15, 0.2) is 0 Å². The van der Waals surface area contributed by atoms with Crippen molar-refractivity contribution in [2.75, 3.05) is 38.1 Å².